The summed E-state index contributed by atoms with van der Waals surface area (Å²) in [4.78, 5) is 22.1. The highest BCUT2D eigenvalue weighted by molar-refractivity contribution is 6.04. The molecule has 0 unspecified atom stereocenters. The largest absolute Gasteiger partial charge is 0.465 e. The molecule has 0 atom stereocenters. The zero-order valence-corrected chi connectivity index (χ0v) is 18.8. The minimum atomic E-state index is -1.00. The second-order valence-corrected chi connectivity index (χ2v) is 8.57. The molecule has 0 aliphatic heterocycles. The van der Waals surface area contributed by atoms with E-state index in [0.29, 0.717) is 29.5 Å². The third kappa shape index (κ3) is 5.03. The molecule has 0 aliphatic carbocycles. The second kappa shape index (κ2) is 9.16. The fraction of sp³-hybridized carbons (Fsp3) is 0.192. The molecule has 0 saturated heterocycles. The standard InChI is InChI=1S/C26H26N4O3/c1-26(2,3)30(25(31)32)22-11-12-23(21-10-5-4-9-20(21)22)33-19-13-15-28-24(16-19)29-17-18-8-6-7-14-27-18/h4-16H,17H2,1-3H3,(H,28,29)(H,31,32). The molecule has 0 spiro atoms. The van der Waals surface area contributed by atoms with Gasteiger partial charge >= 0.3 is 6.09 Å². The van der Waals surface area contributed by atoms with Gasteiger partial charge in [0.25, 0.3) is 0 Å². The van der Waals surface area contributed by atoms with Gasteiger partial charge < -0.3 is 15.2 Å². The van der Waals surface area contributed by atoms with Crippen molar-refractivity contribution in [3.8, 4) is 11.5 Å². The fourth-order valence-electron chi connectivity index (χ4n) is 3.67. The number of aromatic nitrogens is 2. The molecule has 2 aromatic heterocycles. The Kier molecular flexibility index (Phi) is 6.13. The smallest absolute Gasteiger partial charge is 0.412 e. The van der Waals surface area contributed by atoms with Gasteiger partial charge in [0.15, 0.2) is 0 Å². The number of carboxylic acid groups (broad SMARTS) is 1. The number of rotatable bonds is 6. The lowest BCUT2D eigenvalue weighted by molar-refractivity contribution is 0.196. The van der Waals surface area contributed by atoms with Gasteiger partial charge in [-0.3, -0.25) is 9.88 Å². The molecule has 0 saturated carbocycles. The van der Waals surface area contributed by atoms with Crippen LogP contribution in [-0.4, -0.2) is 26.7 Å². The van der Waals surface area contributed by atoms with Gasteiger partial charge in [-0.05, 0) is 51.1 Å². The van der Waals surface area contributed by atoms with Crippen molar-refractivity contribution in [2.75, 3.05) is 10.2 Å². The summed E-state index contributed by atoms with van der Waals surface area (Å²) in [6.07, 6.45) is 2.43. The average Bonchev–Trinajstić information content (AvgIpc) is 2.79. The van der Waals surface area contributed by atoms with Crippen LogP contribution in [0.4, 0.5) is 16.3 Å². The molecule has 1 amide bonds. The first-order valence-corrected chi connectivity index (χ1v) is 10.7. The Morgan fingerprint density at radius 1 is 0.970 bits per heavy atom. The number of nitrogens with zero attached hydrogens (tertiary/aromatic N) is 3. The number of hydrogen-bond acceptors (Lipinski definition) is 5. The number of benzene rings is 2. The molecule has 0 aliphatic rings. The summed E-state index contributed by atoms with van der Waals surface area (Å²) in [7, 11) is 0. The number of ether oxygens (including phenoxy) is 1. The van der Waals surface area contributed by atoms with Crippen molar-refractivity contribution in [1.29, 1.82) is 0 Å². The first-order chi connectivity index (χ1) is 15.8. The highest BCUT2D eigenvalue weighted by atomic mass is 16.5. The minimum absolute atomic E-state index is 0.548. The summed E-state index contributed by atoms with van der Waals surface area (Å²) in [6.45, 7) is 6.16. The van der Waals surface area contributed by atoms with Gasteiger partial charge in [-0.2, -0.15) is 0 Å². The molecule has 4 aromatic rings. The molecule has 2 heterocycles. The predicted molar refractivity (Wildman–Crippen MR) is 130 cm³/mol. The number of fused-ring (bicyclic) bond motifs is 1. The van der Waals surface area contributed by atoms with Crippen LogP contribution in [0.3, 0.4) is 0 Å². The van der Waals surface area contributed by atoms with Crippen LogP contribution < -0.4 is 15.0 Å². The molecule has 7 nitrogen and oxygen atoms in total. The van der Waals surface area contributed by atoms with Crippen LogP contribution in [0, 0.1) is 0 Å². The maximum atomic E-state index is 12.0. The maximum absolute atomic E-state index is 12.0. The predicted octanol–water partition coefficient (Wildman–Crippen LogP) is 6.32. The monoisotopic (exact) mass is 442 g/mol. The van der Waals surface area contributed by atoms with Gasteiger partial charge in [-0.15, -0.1) is 0 Å². The van der Waals surface area contributed by atoms with E-state index in [2.05, 4.69) is 15.3 Å². The summed E-state index contributed by atoms with van der Waals surface area (Å²) in [6, 6.07) is 20.6. The first-order valence-electron chi connectivity index (χ1n) is 10.7. The molecule has 7 heteroatoms. The van der Waals surface area contributed by atoms with Crippen molar-refractivity contribution < 1.29 is 14.6 Å². The molecule has 0 fully saturated rings. The minimum Gasteiger partial charge on any atom is -0.465 e. The van der Waals surface area contributed by atoms with Crippen molar-refractivity contribution >= 4 is 28.4 Å². The lowest BCUT2D eigenvalue weighted by atomic mass is 10.0. The van der Waals surface area contributed by atoms with E-state index in [9.17, 15) is 9.90 Å². The van der Waals surface area contributed by atoms with Gasteiger partial charge in [0.1, 0.15) is 17.3 Å². The molecule has 168 valence electrons. The van der Waals surface area contributed by atoms with Crippen LogP contribution in [-0.2, 0) is 6.54 Å². The molecule has 2 aromatic carbocycles. The lowest BCUT2D eigenvalue weighted by Crippen LogP contribution is -2.45. The van der Waals surface area contributed by atoms with E-state index in [1.807, 2.05) is 69.3 Å². The first kappa shape index (κ1) is 22.1. The molecule has 4 rings (SSSR count). The second-order valence-electron chi connectivity index (χ2n) is 8.57. The summed E-state index contributed by atoms with van der Waals surface area (Å²) in [5, 5.41) is 14.7. The zero-order valence-electron chi connectivity index (χ0n) is 18.8. The van der Waals surface area contributed by atoms with E-state index in [1.54, 1.807) is 30.6 Å². The number of amides is 1. The zero-order chi connectivity index (χ0) is 23.4. The number of hydrogen-bond donors (Lipinski definition) is 2. The van der Waals surface area contributed by atoms with E-state index in [1.165, 1.54) is 4.90 Å². The molecule has 33 heavy (non-hydrogen) atoms. The Labute approximate surface area is 192 Å². The third-order valence-electron chi connectivity index (χ3n) is 5.10. The van der Waals surface area contributed by atoms with Crippen molar-refractivity contribution in [1.82, 2.24) is 9.97 Å². The van der Waals surface area contributed by atoms with E-state index >= 15 is 0 Å². The Bertz CT molecular complexity index is 1270. The fourth-order valence-corrected chi connectivity index (χ4v) is 3.67. The van der Waals surface area contributed by atoms with Crippen molar-refractivity contribution in [3.05, 3.63) is 84.8 Å². The molecule has 0 bridgehead atoms. The van der Waals surface area contributed by atoms with E-state index in [-0.39, 0.29) is 0 Å². The molecular weight excluding hydrogens is 416 g/mol. The maximum Gasteiger partial charge on any atom is 0.412 e. The van der Waals surface area contributed by atoms with Gasteiger partial charge in [0, 0.05) is 34.8 Å². The number of nitrogens with one attached hydrogen (secondary N) is 1. The van der Waals surface area contributed by atoms with E-state index in [0.717, 1.165) is 16.5 Å². The highest BCUT2D eigenvalue weighted by Crippen LogP contribution is 2.38. The van der Waals surface area contributed by atoms with Crippen LogP contribution in [0.25, 0.3) is 10.8 Å². The lowest BCUT2D eigenvalue weighted by Gasteiger charge is -2.34. The third-order valence-corrected chi connectivity index (χ3v) is 5.10. The quantitative estimate of drug-likeness (QED) is 0.363. The van der Waals surface area contributed by atoms with Crippen molar-refractivity contribution in [2.45, 2.75) is 32.9 Å². The summed E-state index contributed by atoms with van der Waals surface area (Å²) in [5.74, 6) is 1.93. The van der Waals surface area contributed by atoms with Crippen molar-refractivity contribution in [2.24, 2.45) is 0 Å². The molecule has 2 N–H and O–H groups in total. The molecular formula is C26H26N4O3. The Morgan fingerprint density at radius 3 is 2.42 bits per heavy atom. The van der Waals surface area contributed by atoms with E-state index in [4.69, 9.17) is 4.74 Å². The van der Waals surface area contributed by atoms with Gasteiger partial charge in [-0.1, -0.05) is 30.3 Å². The van der Waals surface area contributed by atoms with Crippen molar-refractivity contribution in [3.63, 3.8) is 0 Å². The summed E-state index contributed by atoms with van der Waals surface area (Å²) >= 11 is 0. The van der Waals surface area contributed by atoms with Crippen LogP contribution in [0.5, 0.6) is 11.5 Å². The van der Waals surface area contributed by atoms with Gasteiger partial charge in [-0.25, -0.2) is 9.78 Å². The SMILES string of the molecule is CC(C)(C)N(C(=O)O)c1ccc(Oc2ccnc(NCc3ccccn3)c2)c2ccccc12. The summed E-state index contributed by atoms with van der Waals surface area (Å²) < 4.78 is 6.20. The van der Waals surface area contributed by atoms with Crippen LogP contribution in [0.1, 0.15) is 26.5 Å². The molecule has 0 radical (unpaired) electrons. The summed E-state index contributed by atoms with van der Waals surface area (Å²) in [5.41, 5.74) is 0.926. The Morgan fingerprint density at radius 2 is 1.73 bits per heavy atom. The number of pyridine rings is 2. The average molecular weight is 443 g/mol. The number of carbonyl (C=O) groups is 1. The highest BCUT2D eigenvalue weighted by Gasteiger charge is 2.29. The van der Waals surface area contributed by atoms with Gasteiger partial charge in [0.05, 0.1) is 17.9 Å². The van der Waals surface area contributed by atoms with E-state index < -0.39 is 11.6 Å². The van der Waals surface area contributed by atoms with Crippen LogP contribution in [0.2, 0.25) is 0 Å². The van der Waals surface area contributed by atoms with Crippen LogP contribution >= 0.6 is 0 Å². The Balaban J connectivity index is 1.63. The van der Waals surface area contributed by atoms with Crippen LogP contribution in [0.15, 0.2) is 79.1 Å². The Hall–Kier alpha value is -4.13. The normalized spacial score (nSPS) is 11.2. The van der Waals surface area contributed by atoms with Gasteiger partial charge in [0.2, 0.25) is 0 Å². The topological polar surface area (TPSA) is 87.6 Å². The number of anilines is 2.